The van der Waals surface area contributed by atoms with E-state index in [-0.39, 0.29) is 22.4 Å². The molecule has 0 spiro atoms. The number of hydrogen-bond donors (Lipinski definition) is 1. The molecule has 1 aliphatic rings. The molecule has 5 nitrogen and oxygen atoms in total. The summed E-state index contributed by atoms with van der Waals surface area (Å²) < 4.78 is 0. The second kappa shape index (κ2) is 5.99. The molecule has 2 aromatic rings. The van der Waals surface area contributed by atoms with E-state index in [2.05, 4.69) is 23.8 Å². The number of aromatic amines is 1. The molecule has 23 heavy (non-hydrogen) atoms. The maximum Gasteiger partial charge on any atom is 0.261 e. The highest BCUT2D eigenvalue weighted by molar-refractivity contribution is 5.94. The molecule has 1 saturated heterocycles. The molecule has 3 rings (SSSR count). The number of nitrogens with zero attached hydrogens (tertiary/aromatic N) is 2. The Hall–Kier alpha value is -2.43. The van der Waals surface area contributed by atoms with Crippen LogP contribution in [0.3, 0.4) is 0 Å². The molecule has 0 atom stereocenters. The van der Waals surface area contributed by atoms with Crippen molar-refractivity contribution in [3.63, 3.8) is 0 Å². The lowest BCUT2D eigenvalue weighted by molar-refractivity contribution is 0.0628. The summed E-state index contributed by atoms with van der Waals surface area (Å²) >= 11 is 0. The fourth-order valence-corrected chi connectivity index (χ4v) is 2.82. The summed E-state index contributed by atoms with van der Waals surface area (Å²) in [6.45, 7) is 5.83. The number of rotatable bonds is 2. The Morgan fingerprint density at radius 3 is 2.57 bits per heavy atom. The van der Waals surface area contributed by atoms with Gasteiger partial charge in [0.15, 0.2) is 0 Å². The van der Waals surface area contributed by atoms with Gasteiger partial charge in [0.2, 0.25) is 0 Å². The number of aromatic nitrogens is 2. The smallest absolute Gasteiger partial charge is 0.261 e. The Bertz CT molecular complexity index is 755. The third kappa shape index (κ3) is 3.33. The third-order valence-corrected chi connectivity index (χ3v) is 4.52. The molecule has 0 bridgehead atoms. The standard InChI is InChI=1S/C18H21N3O2/c1-18(2)7-10-21(11-8-18)17(23)14-5-6-15(20-16(14)22)13-4-3-9-19-12-13/h3-6,9,12H,7-8,10-11H2,1-2H3,(H,20,22). The summed E-state index contributed by atoms with van der Waals surface area (Å²) in [5.41, 5.74) is 1.62. The maximum atomic E-state index is 12.6. The molecule has 0 radical (unpaired) electrons. The average molecular weight is 311 g/mol. The summed E-state index contributed by atoms with van der Waals surface area (Å²) in [5, 5.41) is 0. The first-order valence-corrected chi connectivity index (χ1v) is 7.89. The lowest BCUT2D eigenvalue weighted by atomic mass is 9.82. The van der Waals surface area contributed by atoms with Crippen molar-refractivity contribution in [2.45, 2.75) is 26.7 Å². The largest absolute Gasteiger partial charge is 0.338 e. The molecule has 0 unspecified atom stereocenters. The maximum absolute atomic E-state index is 12.6. The van der Waals surface area contributed by atoms with Gasteiger partial charge in [-0.05, 0) is 42.5 Å². The van der Waals surface area contributed by atoms with Crippen LogP contribution in [0.25, 0.3) is 11.3 Å². The van der Waals surface area contributed by atoms with Gasteiger partial charge in [0.25, 0.3) is 11.5 Å². The summed E-state index contributed by atoms with van der Waals surface area (Å²) in [4.78, 5) is 33.5. The van der Waals surface area contributed by atoms with Gasteiger partial charge in [-0.15, -0.1) is 0 Å². The van der Waals surface area contributed by atoms with Crippen LogP contribution in [0.15, 0.2) is 41.5 Å². The molecule has 0 aliphatic carbocycles. The van der Waals surface area contributed by atoms with Crippen LogP contribution < -0.4 is 5.56 Å². The van der Waals surface area contributed by atoms with E-state index < -0.39 is 0 Å². The van der Waals surface area contributed by atoms with E-state index in [9.17, 15) is 9.59 Å². The first kappa shape index (κ1) is 15.5. The predicted molar refractivity (Wildman–Crippen MR) is 89.2 cm³/mol. The zero-order chi connectivity index (χ0) is 16.4. The van der Waals surface area contributed by atoms with Crippen LogP contribution in [0.2, 0.25) is 0 Å². The van der Waals surface area contributed by atoms with Crippen LogP contribution in [0, 0.1) is 5.41 Å². The summed E-state index contributed by atoms with van der Waals surface area (Å²) in [5.74, 6) is -0.181. The predicted octanol–water partition coefficient (Wildman–Crippen LogP) is 2.70. The Kier molecular flexibility index (Phi) is 4.03. The zero-order valence-electron chi connectivity index (χ0n) is 13.5. The van der Waals surface area contributed by atoms with Crippen molar-refractivity contribution >= 4 is 5.91 Å². The van der Waals surface area contributed by atoms with Crippen LogP contribution in [-0.4, -0.2) is 33.9 Å². The molecule has 2 aromatic heterocycles. The monoisotopic (exact) mass is 311 g/mol. The number of nitrogens with one attached hydrogen (secondary N) is 1. The van der Waals surface area contributed by atoms with Crippen molar-refractivity contribution in [2.75, 3.05) is 13.1 Å². The minimum Gasteiger partial charge on any atom is -0.338 e. The molecular weight excluding hydrogens is 290 g/mol. The minimum absolute atomic E-state index is 0.181. The number of hydrogen-bond acceptors (Lipinski definition) is 3. The van der Waals surface area contributed by atoms with Gasteiger partial charge in [-0.25, -0.2) is 0 Å². The first-order valence-electron chi connectivity index (χ1n) is 7.89. The average Bonchev–Trinajstić information content (AvgIpc) is 2.55. The summed E-state index contributed by atoms with van der Waals surface area (Å²) in [6, 6.07) is 7.05. The fourth-order valence-electron chi connectivity index (χ4n) is 2.82. The molecule has 5 heteroatoms. The van der Waals surface area contributed by atoms with Gasteiger partial charge in [0.05, 0.1) is 0 Å². The molecule has 1 N–H and O–H groups in total. The molecule has 0 saturated carbocycles. The van der Waals surface area contributed by atoms with E-state index >= 15 is 0 Å². The van der Waals surface area contributed by atoms with Crippen LogP contribution in [0.5, 0.6) is 0 Å². The highest BCUT2D eigenvalue weighted by atomic mass is 16.2. The summed E-state index contributed by atoms with van der Waals surface area (Å²) in [7, 11) is 0. The van der Waals surface area contributed by atoms with Crippen molar-refractivity contribution in [2.24, 2.45) is 5.41 Å². The van der Waals surface area contributed by atoms with Crippen LogP contribution >= 0.6 is 0 Å². The number of piperidine rings is 1. The Labute approximate surface area is 135 Å². The van der Waals surface area contributed by atoms with Gasteiger partial charge < -0.3 is 9.88 Å². The lowest BCUT2D eigenvalue weighted by Crippen LogP contribution is -2.42. The Balaban J connectivity index is 1.81. The topological polar surface area (TPSA) is 66.1 Å². The van der Waals surface area contributed by atoms with Crippen molar-refractivity contribution < 1.29 is 4.79 Å². The van der Waals surface area contributed by atoms with Gasteiger partial charge >= 0.3 is 0 Å². The SMILES string of the molecule is CC1(C)CCN(C(=O)c2ccc(-c3cccnc3)[nH]c2=O)CC1. The highest BCUT2D eigenvalue weighted by Gasteiger charge is 2.29. The van der Waals surface area contributed by atoms with Crippen LogP contribution in [0.1, 0.15) is 37.0 Å². The van der Waals surface area contributed by atoms with E-state index in [1.54, 1.807) is 29.4 Å². The molecule has 3 heterocycles. The zero-order valence-corrected chi connectivity index (χ0v) is 13.5. The van der Waals surface area contributed by atoms with Crippen molar-refractivity contribution in [1.29, 1.82) is 0 Å². The second-order valence-electron chi connectivity index (χ2n) is 6.81. The van der Waals surface area contributed by atoms with Crippen molar-refractivity contribution in [3.05, 3.63) is 52.6 Å². The molecular formula is C18H21N3O2. The van der Waals surface area contributed by atoms with Gasteiger partial charge in [0, 0.05) is 36.7 Å². The quantitative estimate of drug-likeness (QED) is 0.927. The second-order valence-corrected chi connectivity index (χ2v) is 6.81. The van der Waals surface area contributed by atoms with Crippen molar-refractivity contribution in [1.82, 2.24) is 14.9 Å². The molecule has 1 amide bonds. The molecule has 0 aromatic carbocycles. The summed E-state index contributed by atoms with van der Waals surface area (Å²) in [6.07, 6.45) is 5.28. The van der Waals surface area contributed by atoms with Gasteiger partial charge in [-0.3, -0.25) is 14.6 Å². The van der Waals surface area contributed by atoms with E-state index in [1.165, 1.54) is 0 Å². The van der Waals surface area contributed by atoms with Crippen LogP contribution in [0.4, 0.5) is 0 Å². The number of carbonyl (C=O) groups is 1. The van der Waals surface area contributed by atoms with Crippen molar-refractivity contribution in [3.8, 4) is 11.3 Å². The number of pyridine rings is 2. The molecule has 1 aliphatic heterocycles. The molecule has 1 fully saturated rings. The fraction of sp³-hybridized carbons (Fsp3) is 0.389. The van der Waals surface area contributed by atoms with E-state index in [0.717, 1.165) is 18.4 Å². The number of carbonyl (C=O) groups excluding carboxylic acids is 1. The van der Waals surface area contributed by atoms with Crippen LogP contribution in [-0.2, 0) is 0 Å². The van der Waals surface area contributed by atoms with E-state index in [4.69, 9.17) is 0 Å². The van der Waals surface area contributed by atoms with Gasteiger partial charge in [0.1, 0.15) is 5.56 Å². The van der Waals surface area contributed by atoms with E-state index in [1.807, 2.05) is 12.1 Å². The lowest BCUT2D eigenvalue weighted by Gasteiger charge is -2.36. The van der Waals surface area contributed by atoms with E-state index in [0.29, 0.717) is 18.8 Å². The van der Waals surface area contributed by atoms with Gasteiger partial charge in [-0.1, -0.05) is 13.8 Å². The Morgan fingerprint density at radius 1 is 1.22 bits per heavy atom. The number of likely N-dealkylation sites (tertiary alicyclic amines) is 1. The molecule has 120 valence electrons. The highest BCUT2D eigenvalue weighted by Crippen LogP contribution is 2.30. The third-order valence-electron chi connectivity index (χ3n) is 4.52. The normalized spacial score (nSPS) is 17.0. The minimum atomic E-state index is -0.346. The van der Waals surface area contributed by atoms with Gasteiger partial charge in [-0.2, -0.15) is 0 Å². The number of H-pyrrole nitrogens is 1. The number of amides is 1. The first-order chi connectivity index (χ1) is 11.0. The Morgan fingerprint density at radius 2 is 1.96 bits per heavy atom.